The number of carbonyl (C=O) groups is 1. The SMILES string of the molecule is O=C(NCCOc1ccc2c(c1)OCO2)Nc1cccc(Cl)c1Cl. The minimum Gasteiger partial charge on any atom is -0.492 e. The summed E-state index contributed by atoms with van der Waals surface area (Å²) in [5, 5.41) is 5.97. The molecule has 0 bridgehead atoms. The summed E-state index contributed by atoms with van der Waals surface area (Å²) in [4.78, 5) is 11.8. The van der Waals surface area contributed by atoms with Gasteiger partial charge in [0.1, 0.15) is 12.4 Å². The Morgan fingerprint density at radius 1 is 1.17 bits per heavy atom. The highest BCUT2D eigenvalue weighted by molar-refractivity contribution is 6.43. The van der Waals surface area contributed by atoms with Crippen LogP contribution in [0.15, 0.2) is 36.4 Å². The second-order valence-electron chi connectivity index (χ2n) is 4.85. The van der Waals surface area contributed by atoms with Crippen molar-refractivity contribution in [3.8, 4) is 17.2 Å². The molecule has 1 heterocycles. The van der Waals surface area contributed by atoms with E-state index in [9.17, 15) is 4.79 Å². The molecule has 0 saturated carbocycles. The quantitative estimate of drug-likeness (QED) is 0.784. The summed E-state index contributed by atoms with van der Waals surface area (Å²) >= 11 is 11.9. The number of hydrogen-bond donors (Lipinski definition) is 2. The van der Waals surface area contributed by atoms with E-state index in [0.717, 1.165) is 0 Å². The zero-order chi connectivity index (χ0) is 16.9. The van der Waals surface area contributed by atoms with Crippen LogP contribution in [0, 0.1) is 0 Å². The number of carbonyl (C=O) groups excluding carboxylic acids is 1. The van der Waals surface area contributed by atoms with E-state index in [2.05, 4.69) is 10.6 Å². The maximum atomic E-state index is 11.8. The molecule has 0 aliphatic carbocycles. The van der Waals surface area contributed by atoms with Gasteiger partial charge in [-0.1, -0.05) is 29.3 Å². The van der Waals surface area contributed by atoms with Gasteiger partial charge in [0.25, 0.3) is 0 Å². The van der Waals surface area contributed by atoms with E-state index in [1.54, 1.807) is 36.4 Å². The number of fused-ring (bicyclic) bond motifs is 1. The molecule has 24 heavy (non-hydrogen) atoms. The van der Waals surface area contributed by atoms with Crippen LogP contribution >= 0.6 is 23.2 Å². The van der Waals surface area contributed by atoms with Crippen molar-refractivity contribution in [2.75, 3.05) is 25.3 Å². The second-order valence-corrected chi connectivity index (χ2v) is 5.63. The smallest absolute Gasteiger partial charge is 0.319 e. The molecule has 0 spiro atoms. The summed E-state index contributed by atoms with van der Waals surface area (Å²) in [6, 6.07) is 9.91. The van der Waals surface area contributed by atoms with Crippen molar-refractivity contribution < 1.29 is 19.0 Å². The van der Waals surface area contributed by atoms with E-state index in [0.29, 0.717) is 46.1 Å². The summed E-state index contributed by atoms with van der Waals surface area (Å²) < 4.78 is 16.0. The lowest BCUT2D eigenvalue weighted by Crippen LogP contribution is -2.32. The molecule has 2 aromatic rings. The minimum absolute atomic E-state index is 0.215. The molecular formula is C16H14Cl2N2O4. The number of benzene rings is 2. The van der Waals surface area contributed by atoms with Crippen LogP contribution in [0.25, 0.3) is 0 Å². The molecule has 3 rings (SSSR count). The fourth-order valence-corrected chi connectivity index (χ4v) is 2.41. The Bertz CT molecular complexity index is 755. The van der Waals surface area contributed by atoms with E-state index in [4.69, 9.17) is 37.4 Å². The maximum absolute atomic E-state index is 11.8. The van der Waals surface area contributed by atoms with Gasteiger partial charge >= 0.3 is 6.03 Å². The van der Waals surface area contributed by atoms with Crippen LogP contribution in [0.5, 0.6) is 17.2 Å². The van der Waals surface area contributed by atoms with Crippen LogP contribution in [-0.2, 0) is 0 Å². The zero-order valence-corrected chi connectivity index (χ0v) is 14.0. The molecule has 2 N–H and O–H groups in total. The Labute approximate surface area is 148 Å². The van der Waals surface area contributed by atoms with Gasteiger partial charge in [-0.25, -0.2) is 4.79 Å². The van der Waals surface area contributed by atoms with Gasteiger partial charge in [-0.3, -0.25) is 0 Å². The zero-order valence-electron chi connectivity index (χ0n) is 12.5. The van der Waals surface area contributed by atoms with E-state index in [1.807, 2.05) is 0 Å². The predicted octanol–water partition coefficient (Wildman–Crippen LogP) is 3.92. The monoisotopic (exact) mass is 368 g/mol. The van der Waals surface area contributed by atoms with Gasteiger partial charge in [-0.05, 0) is 24.3 Å². The number of rotatable bonds is 5. The van der Waals surface area contributed by atoms with Crippen molar-refractivity contribution in [1.82, 2.24) is 5.32 Å². The van der Waals surface area contributed by atoms with Crippen molar-refractivity contribution in [1.29, 1.82) is 0 Å². The number of amides is 2. The molecule has 0 unspecified atom stereocenters. The summed E-state index contributed by atoms with van der Waals surface area (Å²) in [6.07, 6.45) is 0. The van der Waals surface area contributed by atoms with E-state index in [-0.39, 0.29) is 6.79 Å². The Balaban J connectivity index is 1.43. The Morgan fingerprint density at radius 3 is 2.88 bits per heavy atom. The van der Waals surface area contributed by atoms with Crippen LogP contribution in [0.1, 0.15) is 0 Å². The van der Waals surface area contributed by atoms with Crippen LogP contribution in [-0.4, -0.2) is 26.0 Å². The Hall–Kier alpha value is -2.31. The molecule has 0 atom stereocenters. The molecule has 2 amide bonds. The van der Waals surface area contributed by atoms with Crippen LogP contribution in [0.2, 0.25) is 10.0 Å². The van der Waals surface area contributed by atoms with E-state index < -0.39 is 6.03 Å². The third-order valence-corrected chi connectivity index (χ3v) is 4.02. The van der Waals surface area contributed by atoms with Crippen molar-refractivity contribution in [3.63, 3.8) is 0 Å². The highest BCUT2D eigenvalue weighted by atomic mass is 35.5. The maximum Gasteiger partial charge on any atom is 0.319 e. The first kappa shape index (κ1) is 16.5. The summed E-state index contributed by atoms with van der Waals surface area (Å²) in [5.74, 6) is 1.98. The van der Waals surface area contributed by atoms with E-state index >= 15 is 0 Å². The van der Waals surface area contributed by atoms with Crippen molar-refractivity contribution in [2.45, 2.75) is 0 Å². The fourth-order valence-electron chi connectivity index (χ4n) is 2.07. The molecule has 6 nitrogen and oxygen atoms in total. The van der Waals surface area contributed by atoms with Gasteiger partial charge in [0.15, 0.2) is 11.5 Å². The summed E-state index contributed by atoms with van der Waals surface area (Å²) in [7, 11) is 0. The lowest BCUT2D eigenvalue weighted by Gasteiger charge is -2.10. The molecule has 1 aliphatic heterocycles. The van der Waals surface area contributed by atoms with Crippen molar-refractivity contribution >= 4 is 34.9 Å². The molecule has 0 aromatic heterocycles. The van der Waals surface area contributed by atoms with Crippen LogP contribution < -0.4 is 24.8 Å². The summed E-state index contributed by atoms with van der Waals surface area (Å²) in [6.45, 7) is 0.835. The number of urea groups is 1. The average molecular weight is 369 g/mol. The minimum atomic E-state index is -0.395. The first-order valence-electron chi connectivity index (χ1n) is 7.15. The lowest BCUT2D eigenvalue weighted by molar-refractivity contribution is 0.173. The molecular weight excluding hydrogens is 355 g/mol. The van der Waals surface area contributed by atoms with Crippen molar-refractivity contribution in [3.05, 3.63) is 46.4 Å². The van der Waals surface area contributed by atoms with E-state index in [1.165, 1.54) is 0 Å². The molecule has 0 fully saturated rings. The number of anilines is 1. The topological polar surface area (TPSA) is 68.8 Å². The number of ether oxygens (including phenoxy) is 3. The number of hydrogen-bond acceptors (Lipinski definition) is 4. The Kier molecular flexibility index (Phi) is 5.17. The molecule has 2 aromatic carbocycles. The number of nitrogens with one attached hydrogen (secondary N) is 2. The molecule has 1 aliphatic rings. The van der Waals surface area contributed by atoms with Gasteiger partial charge < -0.3 is 24.8 Å². The van der Waals surface area contributed by atoms with Gasteiger partial charge in [0.05, 0.1) is 22.3 Å². The van der Waals surface area contributed by atoms with Gasteiger partial charge in [-0.15, -0.1) is 0 Å². The fraction of sp³-hybridized carbons (Fsp3) is 0.188. The molecule has 0 saturated heterocycles. The normalized spacial score (nSPS) is 11.9. The lowest BCUT2D eigenvalue weighted by atomic mass is 10.3. The Morgan fingerprint density at radius 2 is 2.00 bits per heavy atom. The average Bonchev–Trinajstić information content (AvgIpc) is 3.03. The largest absolute Gasteiger partial charge is 0.492 e. The first-order valence-corrected chi connectivity index (χ1v) is 7.90. The molecule has 8 heteroatoms. The highest BCUT2D eigenvalue weighted by Crippen LogP contribution is 2.35. The highest BCUT2D eigenvalue weighted by Gasteiger charge is 2.13. The molecule has 0 radical (unpaired) electrons. The predicted molar refractivity (Wildman–Crippen MR) is 91.5 cm³/mol. The first-order chi connectivity index (χ1) is 11.6. The third-order valence-electron chi connectivity index (χ3n) is 3.20. The van der Waals surface area contributed by atoms with Gasteiger partial charge in [-0.2, -0.15) is 0 Å². The second kappa shape index (κ2) is 7.51. The van der Waals surface area contributed by atoms with Gasteiger partial charge in [0, 0.05) is 6.07 Å². The van der Waals surface area contributed by atoms with Gasteiger partial charge in [0.2, 0.25) is 6.79 Å². The van der Waals surface area contributed by atoms with Crippen molar-refractivity contribution in [2.24, 2.45) is 0 Å². The van der Waals surface area contributed by atoms with Crippen LogP contribution in [0.4, 0.5) is 10.5 Å². The van der Waals surface area contributed by atoms with Crippen LogP contribution in [0.3, 0.4) is 0 Å². The summed E-state index contributed by atoms with van der Waals surface area (Å²) in [5.41, 5.74) is 0.443. The number of halogens is 2. The standard InChI is InChI=1S/C16H14Cl2N2O4/c17-11-2-1-3-12(15(11)18)20-16(21)19-6-7-22-10-4-5-13-14(8-10)24-9-23-13/h1-5,8H,6-7,9H2,(H2,19,20,21). The molecule has 126 valence electrons. The third kappa shape index (κ3) is 3.96.